The van der Waals surface area contributed by atoms with Gasteiger partial charge in [-0.15, -0.1) is 10.2 Å². The van der Waals surface area contributed by atoms with Crippen LogP contribution in [0.1, 0.15) is 11.1 Å². The molecule has 118 valence electrons. The van der Waals surface area contributed by atoms with Crippen molar-refractivity contribution in [2.75, 3.05) is 0 Å². The minimum absolute atomic E-state index is 0.300. The minimum Gasteiger partial charge on any atom is -0.411 e. The Morgan fingerprint density at radius 3 is 2.57 bits per heavy atom. The lowest BCUT2D eigenvalue weighted by Gasteiger charge is -2.07. The molecule has 0 atom stereocenters. The molecule has 0 unspecified atom stereocenters. The summed E-state index contributed by atoms with van der Waals surface area (Å²) in [5, 5.41) is 8.09. The van der Waals surface area contributed by atoms with Crippen LogP contribution in [0.25, 0.3) is 11.5 Å². The molecule has 4 nitrogen and oxygen atoms in total. The number of nitrogens with zero attached hydrogens (tertiary/aromatic N) is 3. The Balaban J connectivity index is 1.69. The van der Waals surface area contributed by atoms with Gasteiger partial charge < -0.3 is 4.42 Å². The van der Waals surface area contributed by atoms with Gasteiger partial charge in [-0.2, -0.15) is 13.2 Å². The number of hydrogen-bond acceptors (Lipinski definition) is 5. The predicted molar refractivity (Wildman–Crippen MR) is 78.5 cm³/mol. The second kappa shape index (κ2) is 6.41. The Labute approximate surface area is 133 Å². The number of alkyl halides is 3. The summed E-state index contributed by atoms with van der Waals surface area (Å²) in [4.78, 5) is 3.89. The standard InChI is InChI=1S/C15H10F3N3OS/c16-15(17,18)12-3-1-2-10(8-12)9-23-14-21-20-13(22-14)11-4-6-19-7-5-11/h1-8H,9H2. The van der Waals surface area contributed by atoms with Crippen LogP contribution in [0.15, 0.2) is 58.4 Å². The second-order valence-corrected chi connectivity index (χ2v) is 5.52. The zero-order valence-corrected chi connectivity index (χ0v) is 12.4. The Morgan fingerprint density at radius 1 is 1.04 bits per heavy atom. The largest absolute Gasteiger partial charge is 0.416 e. The topological polar surface area (TPSA) is 51.8 Å². The van der Waals surface area contributed by atoms with Crippen LogP contribution in [0.5, 0.6) is 0 Å². The van der Waals surface area contributed by atoms with Crippen LogP contribution in [-0.2, 0) is 11.9 Å². The molecular formula is C15H10F3N3OS. The summed E-state index contributed by atoms with van der Waals surface area (Å²) in [7, 11) is 0. The summed E-state index contributed by atoms with van der Waals surface area (Å²) >= 11 is 1.19. The van der Waals surface area contributed by atoms with E-state index in [0.717, 1.165) is 17.7 Å². The lowest BCUT2D eigenvalue weighted by atomic mass is 10.1. The SMILES string of the molecule is FC(F)(F)c1cccc(CSc2nnc(-c3ccncc3)o2)c1. The third-order valence-electron chi connectivity index (χ3n) is 2.95. The van der Waals surface area contributed by atoms with Gasteiger partial charge in [-0.1, -0.05) is 30.0 Å². The molecule has 8 heteroatoms. The van der Waals surface area contributed by atoms with E-state index >= 15 is 0 Å². The van der Waals surface area contributed by atoms with E-state index in [1.807, 2.05) is 0 Å². The molecule has 3 rings (SSSR count). The van der Waals surface area contributed by atoms with Gasteiger partial charge in [-0.25, -0.2) is 0 Å². The van der Waals surface area contributed by atoms with Gasteiger partial charge in [0, 0.05) is 23.7 Å². The van der Waals surface area contributed by atoms with Crippen molar-refractivity contribution in [3.05, 3.63) is 59.9 Å². The monoisotopic (exact) mass is 337 g/mol. The first-order chi connectivity index (χ1) is 11.0. The summed E-state index contributed by atoms with van der Waals surface area (Å²) in [6, 6.07) is 8.64. The fraction of sp³-hybridized carbons (Fsp3) is 0.133. The Bertz CT molecular complexity index is 790. The summed E-state index contributed by atoms with van der Waals surface area (Å²) in [5.41, 5.74) is 0.602. The van der Waals surface area contributed by atoms with E-state index in [1.54, 1.807) is 30.6 Å². The van der Waals surface area contributed by atoms with E-state index in [4.69, 9.17) is 4.42 Å². The van der Waals surface area contributed by atoms with Crippen LogP contribution in [0.4, 0.5) is 13.2 Å². The van der Waals surface area contributed by atoms with Crippen molar-refractivity contribution >= 4 is 11.8 Å². The molecule has 2 heterocycles. The molecule has 0 bridgehead atoms. The normalized spacial score (nSPS) is 11.6. The number of halogens is 3. The number of aromatic nitrogens is 3. The van der Waals surface area contributed by atoms with E-state index < -0.39 is 11.7 Å². The van der Waals surface area contributed by atoms with Gasteiger partial charge in [0.05, 0.1) is 5.56 Å². The van der Waals surface area contributed by atoms with Gasteiger partial charge in [0.25, 0.3) is 5.22 Å². The molecule has 0 saturated carbocycles. The number of pyridine rings is 1. The van der Waals surface area contributed by atoms with Crippen LogP contribution < -0.4 is 0 Å². The molecule has 0 aliphatic rings. The summed E-state index contributed by atoms with van der Waals surface area (Å²) in [6.45, 7) is 0. The van der Waals surface area contributed by atoms with E-state index in [9.17, 15) is 13.2 Å². The Hall–Kier alpha value is -2.35. The zero-order chi connectivity index (χ0) is 16.3. The fourth-order valence-corrected chi connectivity index (χ4v) is 2.57. The maximum absolute atomic E-state index is 12.7. The number of hydrogen-bond donors (Lipinski definition) is 0. The molecule has 0 saturated heterocycles. The van der Waals surface area contributed by atoms with Crippen molar-refractivity contribution in [2.45, 2.75) is 17.2 Å². The van der Waals surface area contributed by atoms with Crippen molar-refractivity contribution in [1.29, 1.82) is 0 Å². The maximum atomic E-state index is 12.7. The fourth-order valence-electron chi connectivity index (χ4n) is 1.86. The van der Waals surface area contributed by atoms with Crippen molar-refractivity contribution < 1.29 is 17.6 Å². The number of benzene rings is 1. The Kier molecular flexibility index (Phi) is 4.33. The smallest absolute Gasteiger partial charge is 0.411 e. The first kappa shape index (κ1) is 15.5. The third kappa shape index (κ3) is 3.89. The van der Waals surface area contributed by atoms with Gasteiger partial charge in [-0.05, 0) is 23.8 Å². The molecule has 0 radical (unpaired) electrons. The summed E-state index contributed by atoms with van der Waals surface area (Å²) in [5.74, 6) is 0.654. The van der Waals surface area contributed by atoms with E-state index in [2.05, 4.69) is 15.2 Å². The zero-order valence-electron chi connectivity index (χ0n) is 11.6. The molecule has 2 aromatic heterocycles. The van der Waals surface area contributed by atoms with Gasteiger partial charge in [0.1, 0.15) is 0 Å². The molecular weight excluding hydrogens is 327 g/mol. The molecule has 3 aromatic rings. The van der Waals surface area contributed by atoms with E-state index in [0.29, 0.717) is 22.4 Å². The highest BCUT2D eigenvalue weighted by molar-refractivity contribution is 7.98. The Morgan fingerprint density at radius 2 is 1.83 bits per heavy atom. The first-order valence-corrected chi connectivity index (χ1v) is 7.54. The average molecular weight is 337 g/mol. The molecule has 0 amide bonds. The van der Waals surface area contributed by atoms with Gasteiger partial charge >= 0.3 is 6.18 Å². The maximum Gasteiger partial charge on any atom is 0.416 e. The van der Waals surface area contributed by atoms with E-state index in [1.165, 1.54) is 17.8 Å². The molecule has 0 aliphatic heterocycles. The third-order valence-corrected chi connectivity index (χ3v) is 3.84. The molecule has 0 N–H and O–H groups in total. The predicted octanol–water partition coefficient (Wildman–Crippen LogP) is 4.44. The molecule has 1 aromatic carbocycles. The molecule has 0 spiro atoms. The first-order valence-electron chi connectivity index (χ1n) is 6.55. The van der Waals surface area contributed by atoms with Crippen molar-refractivity contribution in [1.82, 2.24) is 15.2 Å². The van der Waals surface area contributed by atoms with Crippen molar-refractivity contribution in [3.63, 3.8) is 0 Å². The summed E-state index contributed by atoms with van der Waals surface area (Å²) < 4.78 is 43.5. The van der Waals surface area contributed by atoms with E-state index in [-0.39, 0.29) is 0 Å². The van der Waals surface area contributed by atoms with Crippen LogP contribution in [0, 0.1) is 0 Å². The second-order valence-electron chi connectivity index (χ2n) is 4.60. The van der Waals surface area contributed by atoms with Crippen molar-refractivity contribution in [2.24, 2.45) is 0 Å². The lowest BCUT2D eigenvalue weighted by Crippen LogP contribution is -2.04. The van der Waals surface area contributed by atoms with Crippen LogP contribution in [-0.4, -0.2) is 15.2 Å². The summed E-state index contributed by atoms with van der Waals surface area (Å²) in [6.07, 6.45) is -1.14. The number of rotatable bonds is 4. The van der Waals surface area contributed by atoms with Crippen molar-refractivity contribution in [3.8, 4) is 11.5 Å². The van der Waals surface area contributed by atoms with Gasteiger partial charge in [-0.3, -0.25) is 4.98 Å². The highest BCUT2D eigenvalue weighted by Gasteiger charge is 2.30. The highest BCUT2D eigenvalue weighted by atomic mass is 32.2. The number of thioether (sulfide) groups is 1. The molecule has 23 heavy (non-hydrogen) atoms. The van der Waals surface area contributed by atoms with Crippen LogP contribution in [0.3, 0.4) is 0 Å². The van der Waals surface area contributed by atoms with Crippen LogP contribution in [0.2, 0.25) is 0 Å². The highest BCUT2D eigenvalue weighted by Crippen LogP contribution is 2.31. The average Bonchev–Trinajstić information content (AvgIpc) is 3.02. The lowest BCUT2D eigenvalue weighted by molar-refractivity contribution is -0.137. The minimum atomic E-state index is -4.35. The molecule has 0 fully saturated rings. The quantitative estimate of drug-likeness (QED) is 0.659. The van der Waals surface area contributed by atoms with Crippen LogP contribution >= 0.6 is 11.8 Å². The van der Waals surface area contributed by atoms with Gasteiger partial charge in [0.2, 0.25) is 5.89 Å². The molecule has 0 aliphatic carbocycles. The van der Waals surface area contributed by atoms with Gasteiger partial charge in [0.15, 0.2) is 0 Å².